The van der Waals surface area contributed by atoms with Gasteiger partial charge in [-0.3, -0.25) is 4.79 Å². The minimum Gasteiger partial charge on any atom is -0.462 e. The molecule has 4 nitrogen and oxygen atoms in total. The molecule has 0 saturated heterocycles. The molecule has 1 aromatic rings. The molecule has 0 aliphatic heterocycles. The molecular formula is C11H11BrFNO3. The fourth-order valence-electron chi connectivity index (χ4n) is 1.09. The Labute approximate surface area is 106 Å². The number of halogens is 2. The van der Waals surface area contributed by atoms with E-state index in [0.717, 1.165) is 0 Å². The minimum absolute atomic E-state index is 0.0116. The van der Waals surface area contributed by atoms with E-state index in [1.807, 2.05) is 0 Å². The Balaban J connectivity index is 2.55. The summed E-state index contributed by atoms with van der Waals surface area (Å²) in [5.74, 6) is -1.25. The first-order valence-electron chi connectivity index (χ1n) is 4.87. The molecule has 0 spiro atoms. The highest BCUT2D eigenvalue weighted by molar-refractivity contribution is 9.10. The van der Waals surface area contributed by atoms with E-state index in [1.54, 1.807) is 0 Å². The first-order chi connectivity index (χ1) is 8.04. The van der Waals surface area contributed by atoms with E-state index < -0.39 is 11.8 Å². The molecule has 0 bridgehead atoms. The largest absolute Gasteiger partial charge is 0.462 e. The Morgan fingerprint density at radius 3 is 2.76 bits per heavy atom. The van der Waals surface area contributed by atoms with Gasteiger partial charge in [0.1, 0.15) is 12.4 Å². The van der Waals surface area contributed by atoms with Crippen LogP contribution >= 0.6 is 15.9 Å². The lowest BCUT2D eigenvalue weighted by molar-refractivity contribution is -0.121. The monoisotopic (exact) mass is 303 g/mol. The Hall–Kier alpha value is -1.43. The number of hydrogen-bond donors (Lipinski definition) is 1. The number of benzene rings is 1. The SMILES string of the molecule is CNC(=O)CCOC(=O)c1ccc(F)cc1Br. The van der Waals surface area contributed by atoms with Gasteiger partial charge in [0.15, 0.2) is 0 Å². The normalized spacial score (nSPS) is 9.82. The number of amides is 1. The maximum absolute atomic E-state index is 12.8. The van der Waals surface area contributed by atoms with Crippen LogP contribution in [0.1, 0.15) is 16.8 Å². The molecule has 0 saturated carbocycles. The average molecular weight is 304 g/mol. The summed E-state index contributed by atoms with van der Waals surface area (Å²) >= 11 is 3.06. The molecule has 1 amide bonds. The molecule has 0 aliphatic carbocycles. The average Bonchev–Trinajstić information content (AvgIpc) is 2.28. The van der Waals surface area contributed by atoms with E-state index in [0.29, 0.717) is 4.47 Å². The van der Waals surface area contributed by atoms with Crippen LogP contribution in [0.2, 0.25) is 0 Å². The van der Waals surface area contributed by atoms with Gasteiger partial charge in [0.2, 0.25) is 5.91 Å². The summed E-state index contributed by atoms with van der Waals surface area (Å²) in [7, 11) is 1.50. The molecule has 17 heavy (non-hydrogen) atoms. The van der Waals surface area contributed by atoms with Crippen molar-refractivity contribution in [1.82, 2.24) is 5.32 Å². The fourth-order valence-corrected chi connectivity index (χ4v) is 1.61. The maximum Gasteiger partial charge on any atom is 0.339 e. The second-order valence-corrected chi connectivity index (χ2v) is 4.04. The summed E-state index contributed by atoms with van der Waals surface area (Å²) in [6.07, 6.45) is 0.0983. The number of ether oxygens (including phenoxy) is 1. The van der Waals surface area contributed by atoms with Crippen molar-refractivity contribution in [3.63, 3.8) is 0 Å². The molecule has 0 radical (unpaired) electrons. The van der Waals surface area contributed by atoms with Gasteiger partial charge in [-0.2, -0.15) is 0 Å². The lowest BCUT2D eigenvalue weighted by Crippen LogP contribution is -2.20. The van der Waals surface area contributed by atoms with Crippen LogP contribution in [0.4, 0.5) is 4.39 Å². The highest BCUT2D eigenvalue weighted by Crippen LogP contribution is 2.18. The smallest absolute Gasteiger partial charge is 0.339 e. The highest BCUT2D eigenvalue weighted by Gasteiger charge is 2.12. The third-order valence-corrected chi connectivity index (χ3v) is 2.65. The Morgan fingerprint density at radius 1 is 1.47 bits per heavy atom. The molecule has 1 rings (SSSR count). The van der Waals surface area contributed by atoms with Crippen LogP contribution in [0.5, 0.6) is 0 Å². The standard InChI is InChI=1S/C11H11BrFNO3/c1-14-10(15)4-5-17-11(16)8-3-2-7(13)6-9(8)12/h2-3,6H,4-5H2,1H3,(H,14,15). The van der Waals surface area contributed by atoms with E-state index >= 15 is 0 Å². The van der Waals surface area contributed by atoms with Crippen LogP contribution in [0.25, 0.3) is 0 Å². The van der Waals surface area contributed by atoms with Gasteiger partial charge in [0.25, 0.3) is 0 Å². The lowest BCUT2D eigenvalue weighted by atomic mass is 10.2. The van der Waals surface area contributed by atoms with E-state index in [-0.39, 0.29) is 24.5 Å². The zero-order valence-corrected chi connectivity index (χ0v) is 10.7. The number of esters is 1. The predicted octanol–water partition coefficient (Wildman–Crippen LogP) is 1.88. The van der Waals surface area contributed by atoms with E-state index in [2.05, 4.69) is 21.2 Å². The Bertz CT molecular complexity index is 437. The molecule has 0 aliphatic rings. The van der Waals surface area contributed by atoms with Gasteiger partial charge in [-0.15, -0.1) is 0 Å². The van der Waals surface area contributed by atoms with Crippen LogP contribution in [0, 0.1) is 5.82 Å². The van der Waals surface area contributed by atoms with Crippen LogP contribution in [-0.2, 0) is 9.53 Å². The summed E-state index contributed by atoms with van der Waals surface area (Å²) in [5, 5.41) is 2.41. The lowest BCUT2D eigenvalue weighted by Gasteiger charge is -2.05. The number of carbonyl (C=O) groups is 2. The second kappa shape index (κ2) is 6.34. The molecule has 0 heterocycles. The Morgan fingerprint density at radius 2 is 2.18 bits per heavy atom. The van der Waals surface area contributed by atoms with Gasteiger partial charge in [-0.1, -0.05) is 0 Å². The topological polar surface area (TPSA) is 55.4 Å². The predicted molar refractivity (Wildman–Crippen MR) is 63.1 cm³/mol. The number of carbonyl (C=O) groups excluding carboxylic acids is 2. The third-order valence-electron chi connectivity index (χ3n) is 1.99. The van der Waals surface area contributed by atoms with Crippen LogP contribution in [0.15, 0.2) is 22.7 Å². The second-order valence-electron chi connectivity index (χ2n) is 3.18. The zero-order valence-electron chi connectivity index (χ0n) is 9.13. The van der Waals surface area contributed by atoms with Crippen LogP contribution in [-0.4, -0.2) is 25.5 Å². The van der Waals surface area contributed by atoms with Gasteiger partial charge < -0.3 is 10.1 Å². The van der Waals surface area contributed by atoms with Crippen molar-refractivity contribution >= 4 is 27.8 Å². The summed E-state index contributed by atoms with van der Waals surface area (Å²) in [5.41, 5.74) is 0.225. The van der Waals surface area contributed by atoms with E-state index in [9.17, 15) is 14.0 Å². The molecule has 92 valence electrons. The molecule has 0 atom stereocenters. The van der Waals surface area contributed by atoms with Gasteiger partial charge >= 0.3 is 5.97 Å². The molecular weight excluding hydrogens is 293 g/mol. The van der Waals surface area contributed by atoms with E-state index in [4.69, 9.17) is 4.74 Å². The molecule has 0 aromatic heterocycles. The van der Waals surface area contributed by atoms with Crippen molar-refractivity contribution in [2.45, 2.75) is 6.42 Å². The van der Waals surface area contributed by atoms with Crippen LogP contribution < -0.4 is 5.32 Å². The summed E-state index contributed by atoms with van der Waals surface area (Å²) < 4.78 is 18.0. The van der Waals surface area contributed by atoms with Crippen molar-refractivity contribution in [3.05, 3.63) is 34.1 Å². The summed E-state index contributed by atoms with van der Waals surface area (Å²) in [6, 6.07) is 3.66. The third kappa shape index (κ3) is 4.14. The van der Waals surface area contributed by atoms with Crippen molar-refractivity contribution < 1.29 is 18.7 Å². The van der Waals surface area contributed by atoms with E-state index in [1.165, 1.54) is 25.2 Å². The van der Waals surface area contributed by atoms with Crippen molar-refractivity contribution in [2.24, 2.45) is 0 Å². The Kier molecular flexibility index (Phi) is 5.09. The molecule has 6 heteroatoms. The zero-order chi connectivity index (χ0) is 12.8. The van der Waals surface area contributed by atoms with Crippen molar-refractivity contribution in [1.29, 1.82) is 0 Å². The summed E-state index contributed by atoms with van der Waals surface area (Å²) in [4.78, 5) is 22.4. The molecule has 1 aromatic carbocycles. The molecule has 0 unspecified atom stereocenters. The number of nitrogens with one attached hydrogen (secondary N) is 1. The minimum atomic E-state index is -0.597. The summed E-state index contributed by atoms with van der Waals surface area (Å²) in [6.45, 7) is -0.0116. The first kappa shape index (κ1) is 13.6. The molecule has 1 N–H and O–H groups in total. The first-order valence-corrected chi connectivity index (χ1v) is 5.66. The highest BCUT2D eigenvalue weighted by atomic mass is 79.9. The fraction of sp³-hybridized carbons (Fsp3) is 0.273. The van der Waals surface area contributed by atoms with Gasteiger partial charge in [0.05, 0.1) is 12.0 Å². The maximum atomic E-state index is 12.8. The van der Waals surface area contributed by atoms with Gasteiger partial charge in [0, 0.05) is 11.5 Å². The molecule has 0 fully saturated rings. The quantitative estimate of drug-likeness (QED) is 0.864. The number of rotatable bonds is 4. The van der Waals surface area contributed by atoms with Crippen LogP contribution in [0.3, 0.4) is 0 Å². The van der Waals surface area contributed by atoms with Gasteiger partial charge in [-0.05, 0) is 34.1 Å². The van der Waals surface area contributed by atoms with Crippen molar-refractivity contribution in [3.8, 4) is 0 Å². The number of hydrogen-bond acceptors (Lipinski definition) is 3. The van der Waals surface area contributed by atoms with Crippen molar-refractivity contribution in [2.75, 3.05) is 13.7 Å². The van der Waals surface area contributed by atoms with Gasteiger partial charge in [-0.25, -0.2) is 9.18 Å².